The zero-order chi connectivity index (χ0) is 8.59. The van der Waals surface area contributed by atoms with Gasteiger partial charge in [-0.15, -0.1) is 0 Å². The molecule has 1 aromatic rings. The summed E-state index contributed by atoms with van der Waals surface area (Å²) in [5.74, 6) is -0.357. The highest BCUT2D eigenvalue weighted by Gasteiger charge is 2.15. The monoisotopic (exact) mass is 266 g/mol. The van der Waals surface area contributed by atoms with Gasteiger partial charge >= 0.3 is 0 Å². The lowest BCUT2D eigenvalue weighted by Crippen LogP contribution is -2.13. The van der Waals surface area contributed by atoms with E-state index in [1.807, 2.05) is 22.6 Å². The fourth-order valence-electron chi connectivity index (χ4n) is 0.751. The Labute approximate surface area is 76.9 Å². The number of halogens is 1. The first-order chi connectivity index (χ1) is 5.04. The summed E-state index contributed by atoms with van der Waals surface area (Å²) in [6.45, 7) is 0. The highest BCUT2D eigenvalue weighted by molar-refractivity contribution is 14.1. The third kappa shape index (κ3) is 1.30. The normalized spacial score (nSPS) is 10.0. The Bertz CT molecular complexity index is 306. The van der Waals surface area contributed by atoms with Crippen LogP contribution in [0.1, 0.15) is 10.4 Å². The summed E-state index contributed by atoms with van der Waals surface area (Å²) in [6.07, 6.45) is 0. The molecule has 0 atom stereocenters. The second-order valence-electron chi connectivity index (χ2n) is 2.04. The van der Waals surface area contributed by atoms with Gasteiger partial charge in [-0.3, -0.25) is 9.48 Å². The minimum atomic E-state index is -0.542. The number of amides is 1. The Morgan fingerprint density at radius 2 is 2.27 bits per heavy atom. The van der Waals surface area contributed by atoms with Crippen LogP contribution in [0.15, 0.2) is 0 Å². The standard InChI is InChI=1S/C5H7IN4O/c1-10-3(6)2(5(8)11)4(7)9-10/h1H3,(H2,7,9)(H2,8,11). The number of primary amides is 1. The van der Waals surface area contributed by atoms with Gasteiger partial charge in [0.2, 0.25) is 0 Å². The van der Waals surface area contributed by atoms with Crippen molar-refractivity contribution in [2.45, 2.75) is 0 Å². The van der Waals surface area contributed by atoms with Crippen molar-refractivity contribution in [1.29, 1.82) is 0 Å². The minimum absolute atomic E-state index is 0.185. The van der Waals surface area contributed by atoms with Crippen molar-refractivity contribution in [2.24, 2.45) is 12.8 Å². The summed E-state index contributed by atoms with van der Waals surface area (Å²) in [5, 5.41) is 3.82. The molecule has 4 N–H and O–H groups in total. The fourth-order valence-corrected chi connectivity index (χ4v) is 1.40. The van der Waals surface area contributed by atoms with Crippen molar-refractivity contribution in [3.8, 4) is 0 Å². The van der Waals surface area contributed by atoms with Gasteiger partial charge in [0.15, 0.2) is 5.82 Å². The molecule has 0 aliphatic carbocycles. The molecule has 0 bridgehead atoms. The number of hydrogen-bond acceptors (Lipinski definition) is 3. The molecule has 0 aliphatic rings. The molecule has 1 amide bonds. The van der Waals surface area contributed by atoms with Gasteiger partial charge in [-0.25, -0.2) is 0 Å². The molecule has 0 aromatic carbocycles. The average Bonchev–Trinajstić information content (AvgIpc) is 2.07. The molecule has 0 spiro atoms. The minimum Gasteiger partial charge on any atom is -0.382 e. The van der Waals surface area contributed by atoms with Crippen LogP contribution in [-0.4, -0.2) is 15.7 Å². The van der Waals surface area contributed by atoms with E-state index < -0.39 is 5.91 Å². The molecule has 0 saturated carbocycles. The number of hydrogen-bond donors (Lipinski definition) is 2. The summed E-state index contributed by atoms with van der Waals surface area (Å²) in [6, 6.07) is 0. The molecule has 1 aromatic heterocycles. The van der Waals surface area contributed by atoms with E-state index in [9.17, 15) is 4.79 Å². The summed E-state index contributed by atoms with van der Waals surface area (Å²) in [5.41, 5.74) is 10.8. The van der Waals surface area contributed by atoms with Gasteiger partial charge in [0.05, 0.1) is 0 Å². The molecule has 5 nitrogen and oxygen atoms in total. The van der Waals surface area contributed by atoms with Gasteiger partial charge in [0.1, 0.15) is 9.26 Å². The topological polar surface area (TPSA) is 86.9 Å². The van der Waals surface area contributed by atoms with Crippen LogP contribution < -0.4 is 11.5 Å². The molecule has 11 heavy (non-hydrogen) atoms. The summed E-state index contributed by atoms with van der Waals surface area (Å²) in [7, 11) is 1.70. The van der Waals surface area contributed by atoms with Crippen LogP contribution in [0.3, 0.4) is 0 Å². The predicted molar refractivity (Wildman–Crippen MR) is 48.9 cm³/mol. The summed E-state index contributed by atoms with van der Waals surface area (Å²) < 4.78 is 2.17. The van der Waals surface area contributed by atoms with Crippen LogP contribution in [0, 0.1) is 3.70 Å². The van der Waals surface area contributed by atoms with Gasteiger partial charge < -0.3 is 11.5 Å². The van der Waals surface area contributed by atoms with Gasteiger partial charge in [0, 0.05) is 7.05 Å². The second-order valence-corrected chi connectivity index (χ2v) is 3.06. The highest BCUT2D eigenvalue weighted by atomic mass is 127. The molecule has 60 valence electrons. The van der Waals surface area contributed by atoms with Gasteiger partial charge in [-0.1, -0.05) is 0 Å². The zero-order valence-corrected chi connectivity index (χ0v) is 7.99. The molecule has 6 heteroatoms. The molecule has 1 rings (SSSR count). The van der Waals surface area contributed by atoms with Crippen molar-refractivity contribution in [3.05, 3.63) is 9.26 Å². The van der Waals surface area contributed by atoms with Crippen LogP contribution >= 0.6 is 22.6 Å². The molecule has 0 saturated heterocycles. The zero-order valence-electron chi connectivity index (χ0n) is 5.84. The number of anilines is 1. The second kappa shape index (κ2) is 2.68. The molecule has 1 heterocycles. The van der Waals surface area contributed by atoms with Crippen LogP contribution in [0.5, 0.6) is 0 Å². The van der Waals surface area contributed by atoms with E-state index in [0.717, 1.165) is 0 Å². The van der Waals surface area contributed by atoms with Crippen LogP contribution in [0.2, 0.25) is 0 Å². The van der Waals surface area contributed by atoms with Crippen molar-refractivity contribution >= 4 is 34.3 Å². The number of carbonyl (C=O) groups excluding carboxylic acids is 1. The Morgan fingerprint density at radius 3 is 2.45 bits per heavy atom. The van der Waals surface area contributed by atoms with Crippen LogP contribution in [0.4, 0.5) is 5.82 Å². The largest absolute Gasteiger partial charge is 0.382 e. The van der Waals surface area contributed by atoms with E-state index in [2.05, 4.69) is 5.10 Å². The van der Waals surface area contributed by atoms with Crippen molar-refractivity contribution in [2.75, 3.05) is 5.73 Å². The van der Waals surface area contributed by atoms with E-state index in [1.165, 1.54) is 4.68 Å². The van der Waals surface area contributed by atoms with Crippen LogP contribution in [0.25, 0.3) is 0 Å². The van der Waals surface area contributed by atoms with Gasteiger partial charge in [0.25, 0.3) is 5.91 Å². The average molecular weight is 266 g/mol. The fraction of sp³-hybridized carbons (Fsp3) is 0.200. The Balaban J connectivity index is 3.34. The van der Waals surface area contributed by atoms with E-state index in [-0.39, 0.29) is 5.82 Å². The van der Waals surface area contributed by atoms with Crippen molar-refractivity contribution < 1.29 is 4.79 Å². The van der Waals surface area contributed by atoms with E-state index in [4.69, 9.17) is 11.5 Å². The first-order valence-electron chi connectivity index (χ1n) is 2.81. The highest BCUT2D eigenvalue weighted by Crippen LogP contribution is 2.16. The molecular weight excluding hydrogens is 259 g/mol. The van der Waals surface area contributed by atoms with Gasteiger partial charge in [-0.05, 0) is 22.6 Å². The molecule has 0 radical (unpaired) electrons. The van der Waals surface area contributed by atoms with E-state index >= 15 is 0 Å². The number of aromatic nitrogens is 2. The molecule has 0 aliphatic heterocycles. The number of nitrogens with zero attached hydrogens (tertiary/aromatic N) is 2. The number of nitrogen functional groups attached to an aromatic ring is 1. The predicted octanol–water partition coefficient (Wildman–Crippen LogP) is -0.294. The Morgan fingerprint density at radius 1 is 1.73 bits per heavy atom. The molecule has 0 fully saturated rings. The maximum atomic E-state index is 10.7. The van der Waals surface area contributed by atoms with Crippen molar-refractivity contribution in [3.63, 3.8) is 0 Å². The van der Waals surface area contributed by atoms with Crippen LogP contribution in [-0.2, 0) is 7.05 Å². The third-order valence-electron chi connectivity index (χ3n) is 1.25. The van der Waals surface area contributed by atoms with E-state index in [0.29, 0.717) is 9.26 Å². The molecular formula is C5H7IN4O. The quantitative estimate of drug-likeness (QED) is 0.684. The number of nitrogens with two attached hydrogens (primary N) is 2. The number of rotatable bonds is 1. The Kier molecular flexibility index (Phi) is 2.03. The number of aryl methyl sites for hydroxylation is 1. The third-order valence-corrected chi connectivity index (χ3v) is 2.49. The smallest absolute Gasteiger partial charge is 0.255 e. The lowest BCUT2D eigenvalue weighted by molar-refractivity contribution is 0.1000. The Hall–Kier alpha value is -0.790. The van der Waals surface area contributed by atoms with Crippen molar-refractivity contribution in [1.82, 2.24) is 9.78 Å². The van der Waals surface area contributed by atoms with Gasteiger partial charge in [-0.2, -0.15) is 5.10 Å². The van der Waals surface area contributed by atoms with E-state index in [1.54, 1.807) is 7.05 Å². The first-order valence-corrected chi connectivity index (χ1v) is 3.89. The summed E-state index contributed by atoms with van der Waals surface area (Å²) in [4.78, 5) is 10.7. The number of carbonyl (C=O) groups is 1. The summed E-state index contributed by atoms with van der Waals surface area (Å²) >= 11 is 1.96. The first kappa shape index (κ1) is 8.31. The molecule has 0 unspecified atom stereocenters. The maximum absolute atomic E-state index is 10.7. The lowest BCUT2D eigenvalue weighted by atomic mass is 10.3. The lowest BCUT2D eigenvalue weighted by Gasteiger charge is -1.91. The SMILES string of the molecule is Cn1nc(N)c(C(N)=O)c1I. The maximum Gasteiger partial charge on any atom is 0.255 e.